The summed E-state index contributed by atoms with van der Waals surface area (Å²) in [4.78, 5) is 0. The number of benzene rings is 2. The first-order valence-electron chi connectivity index (χ1n) is 11.3. The molecule has 0 aliphatic heterocycles. The minimum atomic E-state index is 0.854. The molecule has 2 saturated carbocycles. The molecule has 2 aliphatic carbocycles. The van der Waals surface area contributed by atoms with Gasteiger partial charge in [-0.15, -0.1) is 8.58 Å². The molecule has 2 aliphatic rings. The smallest absolute Gasteiger partial charge is 0.126 e. The van der Waals surface area contributed by atoms with Crippen LogP contribution in [0.4, 0.5) is 0 Å². The zero-order valence-electron chi connectivity index (χ0n) is 18.2. The van der Waals surface area contributed by atoms with Gasteiger partial charge < -0.3 is 9.47 Å². The third kappa shape index (κ3) is 6.75. The average Bonchev–Trinajstić information content (AvgIpc) is 2.81. The zero-order valence-corrected chi connectivity index (χ0v) is 19.2. The fourth-order valence-electron chi connectivity index (χ4n) is 4.61. The number of hydrogen-bond acceptors (Lipinski definition) is 2. The number of rotatable bonds is 5. The second-order valence-corrected chi connectivity index (χ2v) is 10.2. The molecule has 2 aromatic rings. The van der Waals surface area contributed by atoms with Gasteiger partial charge in [-0.2, -0.15) is 0 Å². The molecule has 0 unspecified atom stereocenters. The summed E-state index contributed by atoms with van der Waals surface area (Å²) in [7, 11) is 4.68. The van der Waals surface area contributed by atoms with Crippen LogP contribution in [0.2, 0.25) is 0 Å². The van der Waals surface area contributed by atoms with Crippen LogP contribution >= 0.6 is 8.58 Å². The van der Waals surface area contributed by atoms with Crippen LogP contribution < -0.4 is 9.47 Å². The van der Waals surface area contributed by atoms with E-state index < -0.39 is 0 Å². The second-order valence-electron chi connectivity index (χ2n) is 8.24. The van der Waals surface area contributed by atoms with Gasteiger partial charge in [-0.05, 0) is 49.1 Å². The van der Waals surface area contributed by atoms with Crippen LogP contribution in [0.1, 0.15) is 64.2 Å². The lowest BCUT2D eigenvalue weighted by molar-refractivity contribution is 0.410. The van der Waals surface area contributed by atoms with Crippen LogP contribution in [0.3, 0.4) is 0 Å². The predicted molar refractivity (Wildman–Crippen MR) is 127 cm³/mol. The van der Waals surface area contributed by atoms with Gasteiger partial charge in [0.2, 0.25) is 0 Å². The number of hydrogen-bond donors (Lipinski definition) is 0. The lowest BCUT2D eigenvalue weighted by atomic mass is 10.00. The summed E-state index contributed by atoms with van der Waals surface area (Å²) in [5.74, 6) is 1.71. The Morgan fingerprint density at radius 1 is 0.586 bits per heavy atom. The summed E-state index contributed by atoms with van der Waals surface area (Å²) in [5.41, 5.74) is 4.39. The third-order valence-electron chi connectivity index (χ3n) is 6.19. The van der Waals surface area contributed by atoms with E-state index in [1.54, 1.807) is 39.9 Å². The highest BCUT2D eigenvalue weighted by Crippen LogP contribution is 2.41. The normalized spacial score (nSPS) is 17.9. The van der Waals surface area contributed by atoms with Crippen molar-refractivity contribution in [2.45, 2.75) is 75.5 Å². The fraction of sp³-hybridized carbons (Fsp3) is 0.538. The number of ether oxygens (including phenoxy) is 2. The van der Waals surface area contributed by atoms with Crippen LogP contribution in [0.25, 0.3) is 11.1 Å². The van der Waals surface area contributed by atoms with Crippen molar-refractivity contribution in [3.05, 3.63) is 48.5 Å². The Morgan fingerprint density at radius 2 is 0.966 bits per heavy atom. The molecule has 158 valence electrons. The molecule has 4 rings (SSSR count). The molecule has 2 fully saturated rings. The first kappa shape index (κ1) is 22.2. The van der Waals surface area contributed by atoms with E-state index in [4.69, 9.17) is 9.47 Å². The Morgan fingerprint density at radius 3 is 1.34 bits per heavy atom. The van der Waals surface area contributed by atoms with Gasteiger partial charge >= 0.3 is 0 Å². The third-order valence-corrected chi connectivity index (χ3v) is 8.28. The Bertz CT molecular complexity index is 657. The van der Waals surface area contributed by atoms with E-state index in [0.717, 1.165) is 33.9 Å². The lowest BCUT2D eigenvalue weighted by Crippen LogP contribution is -2.14. The molecular formula is C26H37O2P. The van der Waals surface area contributed by atoms with E-state index in [2.05, 4.69) is 0 Å². The topological polar surface area (TPSA) is 18.5 Å². The SMILES string of the molecule is C1CCC(PC2CCCCC2)CC1.COc1ccccc1-c1ccccc1OC. The number of para-hydroxylation sites is 2. The summed E-state index contributed by atoms with van der Waals surface area (Å²) in [6.07, 6.45) is 15.4. The van der Waals surface area contributed by atoms with Crippen LogP contribution in [-0.4, -0.2) is 25.5 Å². The molecule has 0 spiro atoms. The fourth-order valence-corrected chi connectivity index (χ4v) is 6.76. The average molecular weight is 413 g/mol. The van der Waals surface area contributed by atoms with Crippen molar-refractivity contribution >= 4 is 8.58 Å². The molecule has 0 heterocycles. The Balaban J connectivity index is 0.000000169. The van der Waals surface area contributed by atoms with E-state index in [0.29, 0.717) is 0 Å². The lowest BCUT2D eigenvalue weighted by Gasteiger charge is -2.28. The van der Waals surface area contributed by atoms with Gasteiger partial charge in [-0.3, -0.25) is 0 Å². The Kier molecular flexibility index (Phi) is 9.35. The first-order chi connectivity index (χ1) is 14.3. The Hall–Kier alpha value is -1.53. The maximum Gasteiger partial charge on any atom is 0.126 e. The summed E-state index contributed by atoms with van der Waals surface area (Å²) in [6.45, 7) is 0. The molecule has 0 atom stereocenters. The van der Waals surface area contributed by atoms with Crippen molar-refractivity contribution in [1.29, 1.82) is 0 Å². The molecule has 0 N–H and O–H groups in total. The first-order valence-corrected chi connectivity index (χ1v) is 12.5. The highest BCUT2D eigenvalue weighted by atomic mass is 31.1. The molecule has 0 amide bonds. The van der Waals surface area contributed by atoms with Crippen molar-refractivity contribution in [2.75, 3.05) is 14.2 Å². The van der Waals surface area contributed by atoms with Gasteiger partial charge in [0.05, 0.1) is 14.2 Å². The van der Waals surface area contributed by atoms with Gasteiger partial charge in [-0.25, -0.2) is 0 Å². The van der Waals surface area contributed by atoms with Crippen molar-refractivity contribution in [2.24, 2.45) is 0 Å². The molecule has 0 saturated heterocycles. The van der Waals surface area contributed by atoms with E-state index in [-0.39, 0.29) is 0 Å². The molecular weight excluding hydrogens is 375 g/mol. The van der Waals surface area contributed by atoms with Crippen LogP contribution in [-0.2, 0) is 0 Å². The van der Waals surface area contributed by atoms with Crippen LogP contribution in [0.15, 0.2) is 48.5 Å². The molecule has 2 nitrogen and oxygen atoms in total. The highest BCUT2D eigenvalue weighted by molar-refractivity contribution is 7.39. The molecule has 0 radical (unpaired) electrons. The van der Waals surface area contributed by atoms with E-state index in [1.165, 1.54) is 47.1 Å². The predicted octanol–water partition coefficient (Wildman–Crippen LogP) is 7.70. The van der Waals surface area contributed by atoms with Gasteiger partial charge in [0, 0.05) is 11.1 Å². The van der Waals surface area contributed by atoms with Crippen molar-refractivity contribution < 1.29 is 9.47 Å². The standard InChI is InChI=1S/C14H14O2.C12H23P/c1-15-13-9-5-3-7-11(13)12-8-4-6-10-14(12)16-2;1-3-7-11(8-4-1)13-12-9-5-2-6-10-12/h3-10H,1-2H3;11-13H,1-10H2. The summed E-state index contributed by atoms with van der Waals surface area (Å²) in [5, 5.41) is 0. The second kappa shape index (κ2) is 12.2. The van der Waals surface area contributed by atoms with E-state index >= 15 is 0 Å². The van der Waals surface area contributed by atoms with E-state index in [9.17, 15) is 0 Å². The van der Waals surface area contributed by atoms with Crippen molar-refractivity contribution in [3.63, 3.8) is 0 Å². The highest BCUT2D eigenvalue weighted by Gasteiger charge is 2.20. The van der Waals surface area contributed by atoms with Gasteiger partial charge in [0.25, 0.3) is 0 Å². The minimum absolute atomic E-state index is 0.854. The van der Waals surface area contributed by atoms with Crippen molar-refractivity contribution in [3.8, 4) is 22.6 Å². The number of methoxy groups -OCH3 is 2. The van der Waals surface area contributed by atoms with Crippen LogP contribution in [0, 0.1) is 0 Å². The van der Waals surface area contributed by atoms with Gasteiger partial charge in [0.1, 0.15) is 11.5 Å². The monoisotopic (exact) mass is 412 g/mol. The van der Waals surface area contributed by atoms with Gasteiger partial charge in [-0.1, -0.05) is 74.9 Å². The molecule has 0 aromatic heterocycles. The largest absolute Gasteiger partial charge is 0.496 e. The summed E-state index contributed by atoms with van der Waals surface area (Å²) in [6, 6.07) is 15.8. The molecule has 29 heavy (non-hydrogen) atoms. The quantitative estimate of drug-likeness (QED) is 0.468. The maximum absolute atomic E-state index is 5.34. The molecule has 3 heteroatoms. The molecule has 0 bridgehead atoms. The molecule has 2 aromatic carbocycles. The van der Waals surface area contributed by atoms with Crippen LogP contribution in [0.5, 0.6) is 11.5 Å². The summed E-state index contributed by atoms with van der Waals surface area (Å²) >= 11 is 0. The van der Waals surface area contributed by atoms with E-state index in [1.807, 2.05) is 48.5 Å². The zero-order chi connectivity index (χ0) is 20.3. The summed E-state index contributed by atoms with van der Waals surface area (Å²) < 4.78 is 10.7. The van der Waals surface area contributed by atoms with Crippen molar-refractivity contribution in [1.82, 2.24) is 0 Å². The minimum Gasteiger partial charge on any atom is -0.496 e. The Labute approximate surface area is 179 Å². The van der Waals surface area contributed by atoms with Gasteiger partial charge in [0.15, 0.2) is 0 Å². The maximum atomic E-state index is 5.34.